The SMILES string of the molecule is COc1ccc(C(=O)NC(C(=O)Nc2cccc(N3CCOC3=O)c2)C(C)C)cc1. The summed E-state index contributed by atoms with van der Waals surface area (Å²) in [5.41, 5.74) is 1.60. The maximum Gasteiger partial charge on any atom is 0.414 e. The molecule has 8 nitrogen and oxygen atoms in total. The van der Waals surface area contributed by atoms with E-state index in [9.17, 15) is 14.4 Å². The van der Waals surface area contributed by atoms with E-state index in [1.165, 1.54) is 4.90 Å². The average molecular weight is 411 g/mol. The monoisotopic (exact) mass is 411 g/mol. The van der Waals surface area contributed by atoms with Gasteiger partial charge in [0.2, 0.25) is 5.91 Å². The number of amides is 3. The minimum absolute atomic E-state index is 0.135. The molecule has 1 fully saturated rings. The van der Waals surface area contributed by atoms with Crippen LogP contribution in [0.3, 0.4) is 0 Å². The second-order valence-corrected chi connectivity index (χ2v) is 7.23. The molecule has 1 saturated heterocycles. The topological polar surface area (TPSA) is 97.0 Å². The molecular formula is C22H25N3O5. The van der Waals surface area contributed by atoms with Crippen LogP contribution in [-0.4, -0.2) is 44.2 Å². The minimum atomic E-state index is -0.736. The van der Waals surface area contributed by atoms with Crippen LogP contribution in [0.1, 0.15) is 24.2 Å². The van der Waals surface area contributed by atoms with Crippen LogP contribution < -0.4 is 20.3 Å². The van der Waals surface area contributed by atoms with Crippen molar-refractivity contribution in [3.05, 3.63) is 54.1 Å². The van der Waals surface area contributed by atoms with Gasteiger partial charge in [0.05, 0.1) is 13.7 Å². The molecule has 1 heterocycles. The van der Waals surface area contributed by atoms with Crippen LogP contribution in [0.15, 0.2) is 48.5 Å². The summed E-state index contributed by atoms with van der Waals surface area (Å²) in [5, 5.41) is 5.62. The maximum absolute atomic E-state index is 12.9. The van der Waals surface area contributed by atoms with Crippen LogP contribution in [0.25, 0.3) is 0 Å². The number of rotatable bonds is 7. The summed E-state index contributed by atoms with van der Waals surface area (Å²) < 4.78 is 10.1. The van der Waals surface area contributed by atoms with E-state index in [0.717, 1.165) is 0 Å². The van der Waals surface area contributed by atoms with E-state index in [1.807, 2.05) is 13.8 Å². The van der Waals surface area contributed by atoms with Gasteiger partial charge in [-0.05, 0) is 48.4 Å². The van der Waals surface area contributed by atoms with Crippen LogP contribution in [-0.2, 0) is 9.53 Å². The number of anilines is 2. The number of ether oxygens (including phenoxy) is 2. The average Bonchev–Trinajstić information content (AvgIpc) is 3.17. The molecular weight excluding hydrogens is 386 g/mol. The molecule has 0 aromatic heterocycles. The summed E-state index contributed by atoms with van der Waals surface area (Å²) in [5.74, 6) is -0.177. The first kappa shape index (κ1) is 21.2. The lowest BCUT2D eigenvalue weighted by Crippen LogP contribution is -2.47. The number of nitrogens with zero attached hydrogens (tertiary/aromatic N) is 1. The number of cyclic esters (lactones) is 1. The summed E-state index contributed by atoms with van der Waals surface area (Å²) in [6.45, 7) is 4.51. The Balaban J connectivity index is 1.69. The van der Waals surface area contributed by atoms with Crippen LogP contribution in [0.2, 0.25) is 0 Å². The fourth-order valence-electron chi connectivity index (χ4n) is 3.10. The number of carbonyl (C=O) groups excluding carboxylic acids is 3. The third-order valence-corrected chi connectivity index (χ3v) is 4.77. The van der Waals surface area contributed by atoms with Crippen LogP contribution >= 0.6 is 0 Å². The van der Waals surface area contributed by atoms with Gasteiger partial charge in [0, 0.05) is 16.9 Å². The van der Waals surface area contributed by atoms with Crippen molar-refractivity contribution in [1.29, 1.82) is 0 Å². The van der Waals surface area contributed by atoms with Gasteiger partial charge in [-0.3, -0.25) is 14.5 Å². The largest absolute Gasteiger partial charge is 0.497 e. The molecule has 2 N–H and O–H groups in total. The molecule has 0 radical (unpaired) electrons. The van der Waals surface area contributed by atoms with E-state index in [0.29, 0.717) is 35.8 Å². The van der Waals surface area contributed by atoms with Crippen molar-refractivity contribution in [3.8, 4) is 5.75 Å². The maximum atomic E-state index is 12.9. The van der Waals surface area contributed by atoms with Gasteiger partial charge >= 0.3 is 6.09 Å². The molecule has 158 valence electrons. The Hall–Kier alpha value is -3.55. The van der Waals surface area contributed by atoms with Gasteiger partial charge in [0.1, 0.15) is 18.4 Å². The molecule has 0 spiro atoms. The van der Waals surface area contributed by atoms with E-state index in [4.69, 9.17) is 9.47 Å². The summed E-state index contributed by atoms with van der Waals surface area (Å²) in [4.78, 5) is 38.7. The number of methoxy groups -OCH3 is 1. The first-order valence-corrected chi connectivity index (χ1v) is 9.69. The fourth-order valence-corrected chi connectivity index (χ4v) is 3.10. The van der Waals surface area contributed by atoms with Crippen LogP contribution in [0.4, 0.5) is 16.2 Å². The molecule has 2 aromatic rings. The van der Waals surface area contributed by atoms with Crippen molar-refractivity contribution in [2.45, 2.75) is 19.9 Å². The highest BCUT2D eigenvalue weighted by Gasteiger charge is 2.26. The molecule has 8 heteroatoms. The van der Waals surface area contributed by atoms with Crippen molar-refractivity contribution < 1.29 is 23.9 Å². The lowest BCUT2D eigenvalue weighted by atomic mass is 10.0. The number of nitrogens with one attached hydrogen (secondary N) is 2. The second-order valence-electron chi connectivity index (χ2n) is 7.23. The van der Waals surface area contributed by atoms with Crippen LogP contribution in [0.5, 0.6) is 5.75 Å². The van der Waals surface area contributed by atoms with Crippen molar-refractivity contribution in [2.75, 3.05) is 30.5 Å². The lowest BCUT2D eigenvalue weighted by molar-refractivity contribution is -0.118. The first-order chi connectivity index (χ1) is 14.4. The number of carbonyl (C=O) groups is 3. The standard InChI is InChI=1S/C22H25N3O5/c1-14(2)19(24-20(26)15-7-9-18(29-3)10-8-15)21(27)23-16-5-4-6-17(13-16)25-11-12-30-22(25)28/h4-10,13-14,19H,11-12H2,1-3H3,(H,23,27)(H,24,26). The third-order valence-electron chi connectivity index (χ3n) is 4.77. The number of hydrogen-bond donors (Lipinski definition) is 2. The molecule has 0 saturated carbocycles. The van der Waals surface area contributed by atoms with E-state index in [-0.39, 0.29) is 17.7 Å². The van der Waals surface area contributed by atoms with E-state index < -0.39 is 12.1 Å². The van der Waals surface area contributed by atoms with Gasteiger partial charge in [0.25, 0.3) is 5.91 Å². The van der Waals surface area contributed by atoms with Crippen molar-refractivity contribution in [1.82, 2.24) is 5.32 Å². The molecule has 2 aromatic carbocycles. The number of benzene rings is 2. The van der Waals surface area contributed by atoms with E-state index >= 15 is 0 Å². The zero-order valence-electron chi connectivity index (χ0n) is 17.2. The van der Waals surface area contributed by atoms with E-state index in [1.54, 1.807) is 55.6 Å². The molecule has 0 aliphatic carbocycles. The van der Waals surface area contributed by atoms with Crippen molar-refractivity contribution in [2.24, 2.45) is 5.92 Å². The molecule has 30 heavy (non-hydrogen) atoms. The molecule has 3 amide bonds. The smallest absolute Gasteiger partial charge is 0.414 e. The highest BCUT2D eigenvalue weighted by Crippen LogP contribution is 2.23. The molecule has 3 rings (SSSR count). The third kappa shape index (κ3) is 4.89. The second kappa shape index (κ2) is 9.30. The Morgan fingerprint density at radius 1 is 1.13 bits per heavy atom. The Kier molecular flexibility index (Phi) is 6.56. The Morgan fingerprint density at radius 2 is 1.87 bits per heavy atom. The van der Waals surface area contributed by atoms with Crippen molar-refractivity contribution in [3.63, 3.8) is 0 Å². The molecule has 1 atom stereocenters. The summed E-state index contributed by atoms with van der Waals surface area (Å²) >= 11 is 0. The fraction of sp³-hybridized carbons (Fsp3) is 0.318. The van der Waals surface area contributed by atoms with Gasteiger partial charge in [0.15, 0.2) is 0 Å². The predicted octanol–water partition coefficient (Wildman–Crippen LogP) is 3.04. The molecule has 1 aliphatic rings. The minimum Gasteiger partial charge on any atom is -0.497 e. The van der Waals surface area contributed by atoms with Crippen LogP contribution in [0, 0.1) is 5.92 Å². The Morgan fingerprint density at radius 3 is 2.47 bits per heavy atom. The van der Waals surface area contributed by atoms with Gasteiger partial charge in [-0.15, -0.1) is 0 Å². The van der Waals surface area contributed by atoms with Gasteiger partial charge in [-0.1, -0.05) is 19.9 Å². The quantitative estimate of drug-likeness (QED) is 0.730. The first-order valence-electron chi connectivity index (χ1n) is 9.69. The Bertz CT molecular complexity index is 927. The predicted molar refractivity (Wildman–Crippen MR) is 113 cm³/mol. The molecule has 0 bridgehead atoms. The zero-order chi connectivity index (χ0) is 21.7. The zero-order valence-corrected chi connectivity index (χ0v) is 17.2. The van der Waals surface area contributed by atoms with Gasteiger partial charge in [-0.25, -0.2) is 4.79 Å². The normalized spacial score (nSPS) is 14.3. The molecule has 1 unspecified atom stereocenters. The number of hydrogen-bond acceptors (Lipinski definition) is 5. The highest BCUT2D eigenvalue weighted by atomic mass is 16.6. The van der Waals surface area contributed by atoms with Gasteiger partial charge < -0.3 is 20.1 Å². The van der Waals surface area contributed by atoms with E-state index in [2.05, 4.69) is 10.6 Å². The summed E-state index contributed by atoms with van der Waals surface area (Å²) in [6, 6.07) is 12.9. The lowest BCUT2D eigenvalue weighted by Gasteiger charge is -2.22. The molecule has 1 aliphatic heterocycles. The Labute approximate surface area is 175 Å². The summed E-state index contributed by atoms with van der Waals surface area (Å²) in [6.07, 6.45) is -0.412. The highest BCUT2D eigenvalue weighted by molar-refractivity contribution is 6.01. The van der Waals surface area contributed by atoms with Crippen molar-refractivity contribution >= 4 is 29.3 Å². The summed E-state index contributed by atoms with van der Waals surface area (Å²) in [7, 11) is 1.55. The van der Waals surface area contributed by atoms with Gasteiger partial charge in [-0.2, -0.15) is 0 Å².